The van der Waals surface area contributed by atoms with Gasteiger partial charge in [0.15, 0.2) is 0 Å². The summed E-state index contributed by atoms with van der Waals surface area (Å²) >= 11 is 0. The van der Waals surface area contributed by atoms with Gasteiger partial charge in [-0.15, -0.1) is 0 Å². The van der Waals surface area contributed by atoms with Crippen LogP contribution in [0, 0.1) is 0 Å². The first-order valence-corrected chi connectivity index (χ1v) is 13.5. The van der Waals surface area contributed by atoms with Gasteiger partial charge in [0, 0.05) is 38.7 Å². The molecule has 2 aromatic carbocycles. The average molecular weight is 559 g/mol. The number of halogens is 3. The Bertz CT molecular complexity index is 1290. The number of alkyl halides is 3. The van der Waals surface area contributed by atoms with Gasteiger partial charge in [-0.3, -0.25) is 9.69 Å². The molecule has 10 heteroatoms. The van der Waals surface area contributed by atoms with E-state index in [9.17, 15) is 18.0 Å². The fourth-order valence-corrected chi connectivity index (χ4v) is 5.82. The molecule has 5 rings (SSSR count). The summed E-state index contributed by atoms with van der Waals surface area (Å²) in [6, 6.07) is 11.8. The number of carbonyl (C=O) groups is 1. The Kier molecular flexibility index (Phi) is 8.46. The third-order valence-corrected chi connectivity index (χ3v) is 8.00. The summed E-state index contributed by atoms with van der Waals surface area (Å²) in [5, 5.41) is 3.99. The van der Waals surface area contributed by atoms with E-state index >= 15 is 0 Å². The lowest BCUT2D eigenvalue weighted by molar-refractivity contribution is -0.141. The molecular formula is C30H33F3N2O5. The van der Waals surface area contributed by atoms with Crippen LogP contribution >= 0.6 is 0 Å². The molecule has 1 aliphatic carbocycles. The van der Waals surface area contributed by atoms with Crippen molar-refractivity contribution in [1.82, 2.24) is 10.1 Å². The maximum absolute atomic E-state index is 14.0. The molecule has 0 radical (unpaired) electrons. The summed E-state index contributed by atoms with van der Waals surface area (Å²) in [5.74, 6) is -0.112. The first-order valence-electron chi connectivity index (χ1n) is 13.5. The second-order valence-electron chi connectivity index (χ2n) is 10.3. The highest BCUT2D eigenvalue weighted by atomic mass is 19.4. The maximum atomic E-state index is 14.0. The fourth-order valence-electron chi connectivity index (χ4n) is 5.82. The lowest BCUT2D eigenvalue weighted by Gasteiger charge is -2.32. The van der Waals surface area contributed by atoms with Crippen LogP contribution in [-0.2, 0) is 33.4 Å². The van der Waals surface area contributed by atoms with Gasteiger partial charge >= 0.3 is 12.1 Å². The van der Waals surface area contributed by atoms with E-state index in [1.54, 1.807) is 19.2 Å². The quantitative estimate of drug-likeness (QED) is 0.295. The summed E-state index contributed by atoms with van der Waals surface area (Å²) in [6.07, 6.45) is -0.300. The summed E-state index contributed by atoms with van der Waals surface area (Å²) in [7, 11) is 3.02. The molecule has 0 saturated carbocycles. The van der Waals surface area contributed by atoms with Gasteiger partial charge < -0.3 is 18.7 Å². The highest BCUT2D eigenvalue weighted by molar-refractivity contribution is 5.71. The molecule has 1 aliphatic heterocycles. The molecule has 2 heterocycles. The van der Waals surface area contributed by atoms with Crippen LogP contribution in [0.3, 0.4) is 0 Å². The van der Waals surface area contributed by atoms with E-state index in [2.05, 4.69) is 10.1 Å². The zero-order chi connectivity index (χ0) is 28.3. The van der Waals surface area contributed by atoms with Crippen LogP contribution in [0.25, 0.3) is 0 Å². The number of rotatable bonds is 9. The van der Waals surface area contributed by atoms with Crippen LogP contribution in [0.5, 0.6) is 5.75 Å². The maximum Gasteiger partial charge on any atom is 0.416 e. The van der Waals surface area contributed by atoms with Crippen molar-refractivity contribution in [3.63, 3.8) is 0 Å². The first kappa shape index (κ1) is 28.2. The zero-order valence-corrected chi connectivity index (χ0v) is 22.6. The zero-order valence-electron chi connectivity index (χ0n) is 22.6. The average Bonchev–Trinajstić information content (AvgIpc) is 3.63. The fraction of sp³-hybridized carbons (Fsp3) is 0.467. The number of hydrogen-bond acceptors (Lipinski definition) is 7. The first-order chi connectivity index (χ1) is 19.3. The normalized spacial score (nSPS) is 18.9. The Morgan fingerprint density at radius 3 is 2.45 bits per heavy atom. The Labute approximate surface area is 231 Å². The highest BCUT2D eigenvalue weighted by Gasteiger charge is 2.38. The smallest absolute Gasteiger partial charge is 0.416 e. The summed E-state index contributed by atoms with van der Waals surface area (Å²) in [6.45, 7) is 1.67. The molecule has 1 aromatic heterocycles. The molecule has 0 bridgehead atoms. The number of ether oxygens (including phenoxy) is 3. The minimum absolute atomic E-state index is 0.104. The molecule has 0 N–H and O–H groups in total. The number of nitrogens with zero attached hydrogens (tertiary/aromatic N) is 2. The minimum Gasteiger partial charge on any atom is -0.486 e. The molecular weight excluding hydrogens is 525 g/mol. The van der Waals surface area contributed by atoms with Gasteiger partial charge in [-0.05, 0) is 66.1 Å². The molecule has 0 spiro atoms. The molecule has 0 amide bonds. The number of esters is 1. The molecule has 2 aliphatic rings. The third kappa shape index (κ3) is 6.18. The number of benzene rings is 2. The number of hydrogen-bond donors (Lipinski definition) is 0. The van der Waals surface area contributed by atoms with Crippen LogP contribution in [-0.4, -0.2) is 49.4 Å². The minimum atomic E-state index is -4.42. The van der Waals surface area contributed by atoms with Crippen LogP contribution in [0.4, 0.5) is 13.2 Å². The number of likely N-dealkylation sites (tertiary alicyclic amines) is 1. The van der Waals surface area contributed by atoms with Gasteiger partial charge in [-0.1, -0.05) is 23.4 Å². The number of methoxy groups -OCH3 is 2. The van der Waals surface area contributed by atoms with Crippen molar-refractivity contribution in [2.45, 2.75) is 63.0 Å². The molecule has 214 valence electrons. The van der Waals surface area contributed by atoms with E-state index in [1.165, 1.54) is 19.4 Å². The number of piperidine rings is 1. The Morgan fingerprint density at radius 1 is 1.07 bits per heavy atom. The molecule has 0 unspecified atom stereocenters. The summed E-state index contributed by atoms with van der Waals surface area (Å²) < 4.78 is 63.6. The number of fused-ring (bicyclic) bond motifs is 1. The van der Waals surface area contributed by atoms with E-state index in [0.29, 0.717) is 42.9 Å². The second-order valence-corrected chi connectivity index (χ2v) is 10.3. The number of carbonyl (C=O) groups excluding carboxylic acids is 1. The topological polar surface area (TPSA) is 74.0 Å². The Hall–Kier alpha value is -3.37. The summed E-state index contributed by atoms with van der Waals surface area (Å²) in [4.78, 5) is 14.1. The van der Waals surface area contributed by atoms with Gasteiger partial charge in [0.1, 0.15) is 18.1 Å². The molecule has 40 heavy (non-hydrogen) atoms. The predicted molar refractivity (Wildman–Crippen MR) is 140 cm³/mol. The van der Waals surface area contributed by atoms with Crippen molar-refractivity contribution in [1.29, 1.82) is 0 Å². The SMILES string of the molecule is COC(=O)C[C@@H](c1ccc(O[C@@H]2CCc3c2ccc(C(F)(F)F)c3CN2CCC(OC)CC2)cc1)c1ccon1. The van der Waals surface area contributed by atoms with Gasteiger partial charge in [0.2, 0.25) is 0 Å². The lowest BCUT2D eigenvalue weighted by Crippen LogP contribution is -2.36. The summed E-state index contributed by atoms with van der Waals surface area (Å²) in [5.41, 5.74) is 2.81. The van der Waals surface area contributed by atoms with Gasteiger partial charge in [0.05, 0.1) is 30.9 Å². The van der Waals surface area contributed by atoms with Crippen molar-refractivity contribution in [3.8, 4) is 5.75 Å². The Balaban J connectivity index is 1.35. The Morgan fingerprint density at radius 2 is 1.82 bits per heavy atom. The number of aromatic nitrogens is 1. The van der Waals surface area contributed by atoms with Crippen molar-refractivity contribution in [2.75, 3.05) is 27.3 Å². The molecule has 3 aromatic rings. The second kappa shape index (κ2) is 12.0. The van der Waals surface area contributed by atoms with Gasteiger partial charge in [-0.2, -0.15) is 13.2 Å². The van der Waals surface area contributed by atoms with Crippen molar-refractivity contribution in [3.05, 3.63) is 82.2 Å². The van der Waals surface area contributed by atoms with Crippen LogP contribution < -0.4 is 4.74 Å². The highest BCUT2D eigenvalue weighted by Crippen LogP contribution is 2.43. The molecule has 7 nitrogen and oxygen atoms in total. The largest absolute Gasteiger partial charge is 0.486 e. The monoisotopic (exact) mass is 558 g/mol. The standard InChI is InChI=1S/C30H33F3N2O5/c1-37-20-11-14-35(15-12-20)18-25-22-8-10-28(23(22)7-9-26(25)30(31,32)33)40-21-5-3-19(4-6-21)24(17-29(36)38-2)27-13-16-39-34-27/h3-7,9,13,16,20,24,28H,8,10-12,14-15,17-18H2,1-2H3/t24-,28+/m0/s1. The molecule has 2 atom stereocenters. The van der Waals surface area contributed by atoms with Crippen LogP contribution in [0.15, 0.2) is 53.3 Å². The van der Waals surface area contributed by atoms with E-state index < -0.39 is 11.7 Å². The molecule has 1 fully saturated rings. The van der Waals surface area contributed by atoms with Crippen molar-refractivity contribution in [2.24, 2.45) is 0 Å². The van der Waals surface area contributed by atoms with Gasteiger partial charge in [-0.25, -0.2) is 0 Å². The third-order valence-electron chi connectivity index (χ3n) is 8.00. The van der Waals surface area contributed by atoms with E-state index in [1.807, 2.05) is 24.3 Å². The van der Waals surface area contributed by atoms with Crippen LogP contribution in [0.1, 0.15) is 71.2 Å². The van der Waals surface area contributed by atoms with Crippen molar-refractivity contribution >= 4 is 5.97 Å². The van der Waals surface area contributed by atoms with Crippen molar-refractivity contribution < 1.29 is 36.7 Å². The lowest BCUT2D eigenvalue weighted by atomic mass is 9.92. The predicted octanol–water partition coefficient (Wildman–Crippen LogP) is 6.07. The van der Waals surface area contributed by atoms with Gasteiger partial charge in [0.25, 0.3) is 0 Å². The van der Waals surface area contributed by atoms with E-state index in [4.69, 9.17) is 18.7 Å². The molecule has 1 saturated heterocycles. The van der Waals surface area contributed by atoms with Crippen LogP contribution in [0.2, 0.25) is 0 Å². The van der Waals surface area contributed by atoms with E-state index in [0.717, 1.165) is 29.5 Å². The van der Waals surface area contributed by atoms with E-state index in [-0.39, 0.29) is 37.1 Å².